The Bertz CT molecular complexity index is 441. The summed E-state index contributed by atoms with van der Waals surface area (Å²) in [6, 6.07) is 7.17. The zero-order valence-corrected chi connectivity index (χ0v) is 11.8. The van der Waals surface area contributed by atoms with Crippen LogP contribution in [0.5, 0.6) is 0 Å². The van der Waals surface area contributed by atoms with Gasteiger partial charge in [-0.1, -0.05) is 12.1 Å². The fourth-order valence-electron chi connectivity index (χ4n) is 1.75. The molecule has 1 rings (SSSR count). The van der Waals surface area contributed by atoms with E-state index in [9.17, 15) is 9.59 Å². The van der Waals surface area contributed by atoms with E-state index in [4.69, 9.17) is 0 Å². The van der Waals surface area contributed by atoms with Crippen molar-refractivity contribution in [2.24, 2.45) is 0 Å². The molecule has 0 aliphatic carbocycles. The molecule has 19 heavy (non-hydrogen) atoms. The first-order valence-electron chi connectivity index (χ1n) is 6.05. The van der Waals surface area contributed by atoms with E-state index in [1.807, 2.05) is 43.3 Å². The quantitative estimate of drug-likeness (QED) is 0.805. The normalized spacial score (nSPS) is 11.6. The van der Waals surface area contributed by atoms with Crippen LogP contribution in [0.25, 0.3) is 0 Å². The molecule has 1 unspecified atom stereocenters. The molecule has 5 nitrogen and oxygen atoms in total. The number of amides is 1. The summed E-state index contributed by atoms with van der Waals surface area (Å²) in [4.78, 5) is 24.7. The Morgan fingerprint density at radius 1 is 1.26 bits per heavy atom. The van der Waals surface area contributed by atoms with Gasteiger partial charge in [0.1, 0.15) is 6.04 Å². The van der Waals surface area contributed by atoms with Crippen LogP contribution in [0.1, 0.15) is 12.5 Å². The lowest BCUT2D eigenvalue weighted by molar-refractivity contribution is -0.144. The number of ether oxygens (including phenoxy) is 1. The van der Waals surface area contributed by atoms with E-state index in [2.05, 4.69) is 10.1 Å². The summed E-state index contributed by atoms with van der Waals surface area (Å²) in [5, 5.41) is 2.59. The van der Waals surface area contributed by atoms with Crippen molar-refractivity contribution in [1.29, 1.82) is 0 Å². The average Bonchev–Trinajstić information content (AvgIpc) is 2.37. The summed E-state index contributed by atoms with van der Waals surface area (Å²) in [5.74, 6) is -0.688. The van der Waals surface area contributed by atoms with Gasteiger partial charge in [0.15, 0.2) is 0 Å². The number of nitrogens with one attached hydrogen (secondary N) is 1. The van der Waals surface area contributed by atoms with Crippen molar-refractivity contribution in [2.45, 2.75) is 19.4 Å². The second-order valence-electron chi connectivity index (χ2n) is 4.54. The second-order valence-corrected chi connectivity index (χ2v) is 4.54. The third-order valence-electron chi connectivity index (χ3n) is 2.76. The van der Waals surface area contributed by atoms with Crippen LogP contribution in [0.3, 0.4) is 0 Å². The van der Waals surface area contributed by atoms with E-state index in [0.717, 1.165) is 11.3 Å². The van der Waals surface area contributed by atoms with Gasteiger partial charge in [0, 0.05) is 33.1 Å². The highest BCUT2D eigenvalue weighted by molar-refractivity contribution is 5.83. The average molecular weight is 264 g/mol. The van der Waals surface area contributed by atoms with Gasteiger partial charge in [0.05, 0.1) is 7.11 Å². The van der Waals surface area contributed by atoms with Crippen molar-refractivity contribution >= 4 is 17.6 Å². The Hall–Kier alpha value is -2.04. The molecule has 5 heteroatoms. The van der Waals surface area contributed by atoms with Crippen LogP contribution in [0.4, 0.5) is 5.69 Å². The monoisotopic (exact) mass is 264 g/mol. The van der Waals surface area contributed by atoms with E-state index < -0.39 is 12.0 Å². The molecule has 0 saturated heterocycles. The second kappa shape index (κ2) is 6.78. The van der Waals surface area contributed by atoms with Gasteiger partial charge in [-0.05, 0) is 17.7 Å². The summed E-state index contributed by atoms with van der Waals surface area (Å²) < 4.78 is 4.69. The summed E-state index contributed by atoms with van der Waals surface area (Å²) in [6.07, 6.45) is 0.417. The zero-order chi connectivity index (χ0) is 14.4. The van der Waals surface area contributed by atoms with Gasteiger partial charge in [-0.2, -0.15) is 0 Å². The summed E-state index contributed by atoms with van der Waals surface area (Å²) in [7, 11) is 5.24. The van der Waals surface area contributed by atoms with Crippen LogP contribution < -0.4 is 10.2 Å². The number of carbonyl (C=O) groups excluding carboxylic acids is 2. The number of methoxy groups -OCH3 is 1. The lowest BCUT2D eigenvalue weighted by Crippen LogP contribution is -2.41. The van der Waals surface area contributed by atoms with Crippen LogP contribution in [-0.2, 0) is 20.7 Å². The highest BCUT2D eigenvalue weighted by Gasteiger charge is 2.20. The molecule has 1 aromatic carbocycles. The Labute approximate surface area is 113 Å². The van der Waals surface area contributed by atoms with Crippen LogP contribution >= 0.6 is 0 Å². The highest BCUT2D eigenvalue weighted by Crippen LogP contribution is 2.13. The Kier molecular flexibility index (Phi) is 5.36. The number of benzene rings is 1. The molecule has 1 amide bonds. The first-order valence-corrected chi connectivity index (χ1v) is 6.05. The van der Waals surface area contributed by atoms with Gasteiger partial charge in [0.25, 0.3) is 0 Å². The molecule has 0 bridgehead atoms. The largest absolute Gasteiger partial charge is 0.467 e. The Balaban J connectivity index is 2.78. The first kappa shape index (κ1) is 15.0. The minimum atomic E-state index is -0.646. The Morgan fingerprint density at radius 3 is 2.26 bits per heavy atom. The van der Waals surface area contributed by atoms with Crippen molar-refractivity contribution in [2.75, 3.05) is 26.1 Å². The predicted octanol–water partition coefficient (Wildman–Crippen LogP) is 0.973. The molecule has 104 valence electrons. The molecule has 0 radical (unpaired) electrons. The molecule has 0 aromatic heterocycles. The maximum atomic E-state index is 11.6. The molecule has 0 heterocycles. The SMILES string of the molecule is COC(=O)C(Cc1ccc(N(C)C)cc1)NC(C)=O. The smallest absolute Gasteiger partial charge is 0.328 e. The summed E-state index contributed by atoms with van der Waals surface area (Å²) in [5.41, 5.74) is 2.05. The van der Waals surface area contributed by atoms with Crippen LogP contribution in [0.2, 0.25) is 0 Å². The fourth-order valence-corrected chi connectivity index (χ4v) is 1.75. The third-order valence-corrected chi connectivity index (χ3v) is 2.76. The first-order chi connectivity index (χ1) is 8.93. The van der Waals surface area contributed by atoms with E-state index in [1.165, 1.54) is 14.0 Å². The highest BCUT2D eigenvalue weighted by atomic mass is 16.5. The molecule has 0 aliphatic rings. The standard InChI is InChI=1S/C14H20N2O3/c1-10(17)15-13(14(18)19-4)9-11-5-7-12(8-6-11)16(2)3/h5-8,13H,9H2,1-4H3,(H,15,17). The number of anilines is 1. The van der Waals surface area contributed by atoms with Gasteiger partial charge in [0.2, 0.25) is 5.91 Å². The van der Waals surface area contributed by atoms with Crippen LogP contribution in [0, 0.1) is 0 Å². The van der Waals surface area contributed by atoms with Gasteiger partial charge in [-0.3, -0.25) is 4.79 Å². The molecule has 0 aliphatic heterocycles. The zero-order valence-electron chi connectivity index (χ0n) is 11.8. The van der Waals surface area contributed by atoms with Gasteiger partial charge >= 0.3 is 5.97 Å². The number of esters is 1. The minimum Gasteiger partial charge on any atom is -0.467 e. The number of hydrogen-bond donors (Lipinski definition) is 1. The number of nitrogens with zero attached hydrogens (tertiary/aromatic N) is 1. The number of carbonyl (C=O) groups is 2. The minimum absolute atomic E-state index is 0.250. The molecule has 1 N–H and O–H groups in total. The Morgan fingerprint density at radius 2 is 1.84 bits per heavy atom. The van der Waals surface area contributed by atoms with Crippen LogP contribution in [-0.4, -0.2) is 39.1 Å². The molecular formula is C14H20N2O3. The van der Waals surface area contributed by atoms with Crippen molar-refractivity contribution in [1.82, 2.24) is 5.32 Å². The van der Waals surface area contributed by atoms with Crippen molar-refractivity contribution in [3.63, 3.8) is 0 Å². The van der Waals surface area contributed by atoms with Crippen molar-refractivity contribution in [3.8, 4) is 0 Å². The van der Waals surface area contributed by atoms with E-state index in [-0.39, 0.29) is 5.91 Å². The maximum absolute atomic E-state index is 11.6. The molecule has 1 atom stereocenters. The molecule has 0 fully saturated rings. The predicted molar refractivity (Wildman–Crippen MR) is 74.1 cm³/mol. The molecule has 0 spiro atoms. The lowest BCUT2D eigenvalue weighted by atomic mass is 10.1. The topological polar surface area (TPSA) is 58.6 Å². The van der Waals surface area contributed by atoms with E-state index in [1.54, 1.807) is 0 Å². The van der Waals surface area contributed by atoms with E-state index in [0.29, 0.717) is 6.42 Å². The third kappa shape index (κ3) is 4.62. The summed E-state index contributed by atoms with van der Waals surface area (Å²) >= 11 is 0. The lowest BCUT2D eigenvalue weighted by Gasteiger charge is -2.17. The molecule has 1 aromatic rings. The fraction of sp³-hybridized carbons (Fsp3) is 0.429. The van der Waals surface area contributed by atoms with E-state index >= 15 is 0 Å². The van der Waals surface area contributed by atoms with Gasteiger partial charge < -0.3 is 15.0 Å². The molecular weight excluding hydrogens is 244 g/mol. The number of hydrogen-bond acceptors (Lipinski definition) is 4. The van der Waals surface area contributed by atoms with Crippen LogP contribution in [0.15, 0.2) is 24.3 Å². The van der Waals surface area contributed by atoms with Gasteiger partial charge in [-0.25, -0.2) is 4.79 Å². The molecule has 0 saturated carbocycles. The number of rotatable bonds is 5. The van der Waals surface area contributed by atoms with Crippen molar-refractivity contribution in [3.05, 3.63) is 29.8 Å². The maximum Gasteiger partial charge on any atom is 0.328 e. The van der Waals surface area contributed by atoms with Crippen molar-refractivity contribution < 1.29 is 14.3 Å². The summed E-state index contributed by atoms with van der Waals surface area (Å²) in [6.45, 7) is 1.38. The van der Waals surface area contributed by atoms with Gasteiger partial charge in [-0.15, -0.1) is 0 Å².